The van der Waals surface area contributed by atoms with Crippen molar-refractivity contribution in [3.8, 4) is 5.75 Å². The highest BCUT2D eigenvalue weighted by Gasteiger charge is 2.31. The third-order valence-corrected chi connectivity index (χ3v) is 5.92. The first-order chi connectivity index (χ1) is 15.8. The molecule has 2 aromatic carbocycles. The molecule has 1 atom stereocenters. The van der Waals surface area contributed by atoms with Gasteiger partial charge in [-0.1, -0.05) is 17.7 Å². The number of aromatic nitrogens is 1. The van der Waals surface area contributed by atoms with Crippen molar-refractivity contribution in [1.82, 2.24) is 4.98 Å². The summed E-state index contributed by atoms with van der Waals surface area (Å²) in [6, 6.07) is 8.41. The normalized spacial score (nSPS) is 14.4. The molecule has 0 spiro atoms. The number of anilines is 1. The number of aryl methyl sites for hydroxylation is 1. The zero-order valence-electron chi connectivity index (χ0n) is 17.9. The minimum Gasteiger partial charge on any atom is -0.480 e. The standard InChI is InChI=1S/C23H22ClN3O6.ClH/c24-14-6-12-2-3-13(21-20(12)16(8-14)27-22(21)23(31)32)7-18(28)26-15-4-1-11(9-25)5-17(15)33-10-19(29)30;/h1,4-6,8,13,27H,2-3,7,9-10,25H2,(H,26,28)(H,29,30)(H,31,32);1H. The second-order valence-corrected chi connectivity index (χ2v) is 8.35. The third-order valence-electron chi connectivity index (χ3n) is 5.71. The zero-order chi connectivity index (χ0) is 23.7. The van der Waals surface area contributed by atoms with Crippen molar-refractivity contribution >= 4 is 58.4 Å². The van der Waals surface area contributed by atoms with Gasteiger partial charge >= 0.3 is 11.9 Å². The molecule has 34 heavy (non-hydrogen) atoms. The summed E-state index contributed by atoms with van der Waals surface area (Å²) in [6.45, 7) is -0.340. The number of hydrogen-bond donors (Lipinski definition) is 5. The van der Waals surface area contributed by atoms with Crippen LogP contribution in [0.2, 0.25) is 5.02 Å². The molecule has 3 aromatic rings. The number of aromatic carboxylic acids is 1. The Labute approximate surface area is 205 Å². The molecular formula is C23H23Cl2N3O6. The second-order valence-electron chi connectivity index (χ2n) is 7.91. The lowest BCUT2D eigenvalue weighted by Gasteiger charge is -2.23. The Morgan fingerprint density at radius 3 is 2.65 bits per heavy atom. The monoisotopic (exact) mass is 507 g/mol. The Balaban J connectivity index is 0.00000324. The molecule has 180 valence electrons. The van der Waals surface area contributed by atoms with Gasteiger partial charge in [0.2, 0.25) is 5.91 Å². The lowest BCUT2D eigenvalue weighted by atomic mass is 9.81. The Morgan fingerprint density at radius 1 is 1.21 bits per heavy atom. The van der Waals surface area contributed by atoms with Gasteiger partial charge in [-0.15, -0.1) is 12.4 Å². The number of rotatable bonds is 8. The molecule has 0 fully saturated rings. The van der Waals surface area contributed by atoms with Crippen molar-refractivity contribution in [2.24, 2.45) is 5.73 Å². The van der Waals surface area contributed by atoms with Gasteiger partial charge in [-0.05, 0) is 59.7 Å². The van der Waals surface area contributed by atoms with E-state index in [1.54, 1.807) is 24.3 Å². The van der Waals surface area contributed by atoms with Crippen LogP contribution in [-0.2, 0) is 22.6 Å². The number of nitrogens with two attached hydrogens (primary N) is 1. The van der Waals surface area contributed by atoms with Gasteiger partial charge in [0.25, 0.3) is 0 Å². The fourth-order valence-corrected chi connectivity index (χ4v) is 4.58. The molecule has 1 aliphatic rings. The summed E-state index contributed by atoms with van der Waals surface area (Å²) in [5.41, 5.74) is 8.93. The number of amides is 1. The molecule has 4 rings (SSSR count). The van der Waals surface area contributed by atoms with Crippen molar-refractivity contribution < 1.29 is 29.3 Å². The highest BCUT2D eigenvalue weighted by molar-refractivity contribution is 6.31. The molecule has 1 unspecified atom stereocenters. The summed E-state index contributed by atoms with van der Waals surface area (Å²) in [4.78, 5) is 38.6. The average Bonchev–Trinajstić information content (AvgIpc) is 3.15. The number of carbonyl (C=O) groups excluding carboxylic acids is 1. The Morgan fingerprint density at radius 2 is 1.97 bits per heavy atom. The number of halogens is 2. The summed E-state index contributed by atoms with van der Waals surface area (Å²) >= 11 is 6.17. The summed E-state index contributed by atoms with van der Waals surface area (Å²) in [5, 5.41) is 22.7. The maximum Gasteiger partial charge on any atom is 0.352 e. The van der Waals surface area contributed by atoms with E-state index in [0.717, 1.165) is 16.5 Å². The van der Waals surface area contributed by atoms with E-state index in [1.165, 1.54) is 0 Å². The lowest BCUT2D eigenvalue weighted by molar-refractivity contribution is -0.139. The predicted octanol–water partition coefficient (Wildman–Crippen LogP) is 3.92. The van der Waals surface area contributed by atoms with Crippen LogP contribution in [-0.4, -0.2) is 39.6 Å². The Hall–Kier alpha value is -3.27. The molecule has 0 radical (unpaired) electrons. The molecule has 0 saturated carbocycles. The maximum absolute atomic E-state index is 12.9. The van der Waals surface area contributed by atoms with E-state index in [-0.39, 0.29) is 48.6 Å². The zero-order valence-corrected chi connectivity index (χ0v) is 19.5. The number of hydrogen-bond acceptors (Lipinski definition) is 5. The third kappa shape index (κ3) is 5.11. The summed E-state index contributed by atoms with van der Waals surface area (Å²) in [7, 11) is 0. The molecule has 1 amide bonds. The van der Waals surface area contributed by atoms with Crippen LogP contribution < -0.4 is 15.8 Å². The van der Waals surface area contributed by atoms with Gasteiger partial charge in [-0.25, -0.2) is 9.59 Å². The first kappa shape index (κ1) is 25.4. The van der Waals surface area contributed by atoms with E-state index in [2.05, 4.69) is 10.3 Å². The molecule has 11 heteroatoms. The van der Waals surface area contributed by atoms with Crippen LogP contribution in [0.1, 0.15) is 45.9 Å². The highest BCUT2D eigenvalue weighted by atomic mass is 35.5. The van der Waals surface area contributed by atoms with E-state index in [4.69, 9.17) is 27.2 Å². The van der Waals surface area contributed by atoms with Crippen molar-refractivity contribution in [1.29, 1.82) is 0 Å². The van der Waals surface area contributed by atoms with E-state index in [1.807, 2.05) is 6.07 Å². The number of carboxylic acids is 2. The van der Waals surface area contributed by atoms with Gasteiger partial charge in [0.05, 0.1) is 5.69 Å². The topological polar surface area (TPSA) is 155 Å². The fourth-order valence-electron chi connectivity index (χ4n) is 4.34. The van der Waals surface area contributed by atoms with E-state index in [0.29, 0.717) is 34.6 Å². The lowest BCUT2D eigenvalue weighted by Crippen LogP contribution is -2.20. The van der Waals surface area contributed by atoms with Crippen molar-refractivity contribution in [3.05, 3.63) is 57.7 Å². The first-order valence-corrected chi connectivity index (χ1v) is 10.7. The number of nitrogens with one attached hydrogen (secondary N) is 2. The SMILES string of the molecule is Cl.NCc1ccc(NC(=O)CC2CCc3cc(Cl)cc4[nH]c(C(=O)O)c2c34)c(OCC(=O)O)c1. The largest absolute Gasteiger partial charge is 0.480 e. The van der Waals surface area contributed by atoms with E-state index in [9.17, 15) is 19.5 Å². The minimum absolute atomic E-state index is 0. The molecule has 1 heterocycles. The number of carboxylic acid groups (broad SMARTS) is 2. The number of ether oxygens (including phenoxy) is 1. The summed E-state index contributed by atoms with van der Waals surface area (Å²) < 4.78 is 5.31. The molecule has 1 aromatic heterocycles. The van der Waals surface area contributed by atoms with Gasteiger partial charge < -0.3 is 31.0 Å². The van der Waals surface area contributed by atoms with Gasteiger partial charge in [-0.3, -0.25) is 4.79 Å². The molecule has 0 aliphatic heterocycles. The number of benzene rings is 2. The van der Waals surface area contributed by atoms with Gasteiger partial charge in [0.15, 0.2) is 6.61 Å². The highest BCUT2D eigenvalue weighted by Crippen LogP contribution is 2.42. The van der Waals surface area contributed by atoms with Crippen LogP contribution in [0.5, 0.6) is 5.75 Å². The van der Waals surface area contributed by atoms with Crippen LogP contribution in [0, 0.1) is 0 Å². The second kappa shape index (κ2) is 10.3. The molecule has 9 nitrogen and oxygen atoms in total. The van der Waals surface area contributed by atoms with Crippen molar-refractivity contribution in [3.63, 3.8) is 0 Å². The number of aliphatic carboxylic acids is 1. The summed E-state index contributed by atoms with van der Waals surface area (Å²) in [5.74, 6) is -2.71. The van der Waals surface area contributed by atoms with Crippen molar-refractivity contribution in [2.75, 3.05) is 11.9 Å². The number of H-pyrrole nitrogens is 1. The van der Waals surface area contributed by atoms with Crippen LogP contribution in [0.3, 0.4) is 0 Å². The first-order valence-electron chi connectivity index (χ1n) is 10.3. The average molecular weight is 508 g/mol. The molecule has 0 saturated heterocycles. The van der Waals surface area contributed by atoms with Gasteiger partial charge in [0, 0.05) is 28.9 Å². The smallest absolute Gasteiger partial charge is 0.352 e. The van der Waals surface area contributed by atoms with Crippen LogP contribution in [0.4, 0.5) is 5.69 Å². The summed E-state index contributed by atoms with van der Waals surface area (Å²) in [6.07, 6.45) is 1.30. The van der Waals surface area contributed by atoms with Crippen LogP contribution in [0.25, 0.3) is 10.9 Å². The quantitative estimate of drug-likeness (QED) is 0.309. The fraction of sp³-hybridized carbons (Fsp3) is 0.261. The molecule has 6 N–H and O–H groups in total. The maximum atomic E-state index is 12.9. The van der Waals surface area contributed by atoms with Crippen molar-refractivity contribution in [2.45, 2.75) is 31.7 Å². The number of carbonyl (C=O) groups is 3. The number of aromatic amines is 1. The van der Waals surface area contributed by atoms with Gasteiger partial charge in [0.1, 0.15) is 11.4 Å². The molecule has 0 bridgehead atoms. The van der Waals surface area contributed by atoms with E-state index >= 15 is 0 Å². The Bertz CT molecular complexity index is 1270. The Kier molecular flexibility index (Phi) is 7.71. The molecule has 1 aliphatic carbocycles. The predicted molar refractivity (Wildman–Crippen MR) is 129 cm³/mol. The molecular weight excluding hydrogens is 485 g/mol. The van der Waals surface area contributed by atoms with Crippen LogP contribution in [0.15, 0.2) is 30.3 Å². The van der Waals surface area contributed by atoms with E-state index < -0.39 is 18.5 Å². The minimum atomic E-state index is -1.15. The van der Waals surface area contributed by atoms with Gasteiger partial charge in [-0.2, -0.15) is 0 Å². The van der Waals surface area contributed by atoms with Crippen LogP contribution >= 0.6 is 24.0 Å².